The van der Waals surface area contributed by atoms with Gasteiger partial charge >= 0.3 is 0 Å². The van der Waals surface area contributed by atoms with Gasteiger partial charge in [-0.1, -0.05) is 26.2 Å². The number of carbonyl (C=O) groups is 2. The average Bonchev–Trinajstić information content (AvgIpc) is 2.79. The fourth-order valence-corrected chi connectivity index (χ4v) is 4.35. The zero-order valence-corrected chi connectivity index (χ0v) is 19.3. The van der Waals surface area contributed by atoms with E-state index in [1.165, 1.54) is 6.42 Å². The molecule has 1 saturated carbocycles. The lowest BCUT2D eigenvalue weighted by atomic mass is 9.88. The number of hydrogen-bond donors (Lipinski definition) is 2. The maximum Gasteiger partial charge on any atom is 0.257 e. The normalized spacial score (nSPS) is 26.3. The second-order valence-corrected chi connectivity index (χ2v) is 9.09. The molecule has 2 N–H and O–H groups in total. The van der Waals surface area contributed by atoms with Gasteiger partial charge in [0.05, 0.1) is 11.7 Å². The fourth-order valence-electron chi connectivity index (χ4n) is 4.35. The highest BCUT2D eigenvalue weighted by atomic mass is 16.5. The van der Waals surface area contributed by atoms with Gasteiger partial charge in [0.15, 0.2) is 0 Å². The monoisotopic (exact) mass is 431 g/mol. The number of methoxy groups -OCH3 is 1. The standard InChI is InChI=1S/C24H37N3O4/c1-16-13-25-17(2)15-31-21-11-10-19(26-23(28)18-8-6-5-7-9-18)12-20(21)24(29)27(3)14-22(16)30-4/h10-12,16-18,22,25H,5-9,13-15H2,1-4H3,(H,26,28)/t16-,17+,22-/m0/s1. The number of rotatable bonds is 3. The summed E-state index contributed by atoms with van der Waals surface area (Å²) < 4.78 is 11.7. The Labute approximate surface area is 185 Å². The van der Waals surface area contributed by atoms with Crippen LogP contribution in [0.3, 0.4) is 0 Å². The molecule has 1 aromatic carbocycles. The Morgan fingerprint density at radius 2 is 1.97 bits per heavy atom. The minimum atomic E-state index is -0.140. The summed E-state index contributed by atoms with van der Waals surface area (Å²) in [6.07, 6.45) is 5.20. The first kappa shape index (κ1) is 23.5. The molecule has 1 aliphatic heterocycles. The van der Waals surface area contributed by atoms with Gasteiger partial charge in [0, 0.05) is 44.9 Å². The minimum Gasteiger partial charge on any atom is -0.491 e. The number of amides is 2. The molecule has 0 spiro atoms. The van der Waals surface area contributed by atoms with E-state index in [0.717, 1.165) is 32.2 Å². The molecule has 31 heavy (non-hydrogen) atoms. The number of carbonyl (C=O) groups excluding carboxylic acids is 2. The van der Waals surface area contributed by atoms with E-state index < -0.39 is 0 Å². The molecule has 0 bridgehead atoms. The van der Waals surface area contributed by atoms with E-state index in [2.05, 4.69) is 24.5 Å². The van der Waals surface area contributed by atoms with Crippen LogP contribution in [0.15, 0.2) is 18.2 Å². The lowest BCUT2D eigenvalue weighted by Gasteiger charge is -2.30. The van der Waals surface area contributed by atoms with Gasteiger partial charge in [-0.05, 0) is 43.9 Å². The number of nitrogens with zero attached hydrogens (tertiary/aromatic N) is 1. The fraction of sp³-hybridized carbons (Fsp3) is 0.667. The molecule has 0 unspecified atom stereocenters. The zero-order valence-electron chi connectivity index (χ0n) is 19.3. The van der Waals surface area contributed by atoms with Gasteiger partial charge in [-0.3, -0.25) is 9.59 Å². The lowest BCUT2D eigenvalue weighted by Crippen LogP contribution is -2.44. The molecule has 3 rings (SSSR count). The number of anilines is 1. The van der Waals surface area contributed by atoms with Crippen LogP contribution in [0.1, 0.15) is 56.3 Å². The molecule has 1 aromatic rings. The second kappa shape index (κ2) is 11.0. The van der Waals surface area contributed by atoms with Gasteiger partial charge in [0.2, 0.25) is 5.91 Å². The van der Waals surface area contributed by atoms with Crippen LogP contribution in [-0.4, -0.2) is 62.7 Å². The molecule has 0 aromatic heterocycles. The molecule has 1 fully saturated rings. The average molecular weight is 432 g/mol. The summed E-state index contributed by atoms with van der Waals surface area (Å²) in [5.41, 5.74) is 1.09. The van der Waals surface area contributed by atoms with Crippen molar-refractivity contribution < 1.29 is 19.1 Å². The van der Waals surface area contributed by atoms with Crippen molar-refractivity contribution >= 4 is 17.5 Å². The number of hydrogen-bond acceptors (Lipinski definition) is 5. The third-order valence-electron chi connectivity index (χ3n) is 6.47. The third-order valence-corrected chi connectivity index (χ3v) is 6.47. The Morgan fingerprint density at radius 3 is 2.68 bits per heavy atom. The second-order valence-electron chi connectivity index (χ2n) is 9.09. The van der Waals surface area contributed by atoms with Crippen LogP contribution in [0, 0.1) is 11.8 Å². The molecule has 3 atom stereocenters. The van der Waals surface area contributed by atoms with Crippen molar-refractivity contribution in [3.8, 4) is 5.75 Å². The van der Waals surface area contributed by atoms with Crippen LogP contribution in [0.5, 0.6) is 5.75 Å². The maximum atomic E-state index is 13.3. The van der Waals surface area contributed by atoms with E-state index in [9.17, 15) is 9.59 Å². The highest BCUT2D eigenvalue weighted by Gasteiger charge is 2.26. The molecule has 0 saturated heterocycles. The van der Waals surface area contributed by atoms with E-state index in [-0.39, 0.29) is 35.8 Å². The van der Waals surface area contributed by atoms with Crippen LogP contribution in [0.4, 0.5) is 5.69 Å². The van der Waals surface area contributed by atoms with E-state index in [1.54, 1.807) is 31.2 Å². The van der Waals surface area contributed by atoms with Gasteiger partial charge in [0.1, 0.15) is 12.4 Å². The van der Waals surface area contributed by atoms with Crippen molar-refractivity contribution in [3.05, 3.63) is 23.8 Å². The van der Waals surface area contributed by atoms with Crippen LogP contribution in [0.25, 0.3) is 0 Å². The molecule has 2 amide bonds. The number of ether oxygens (including phenoxy) is 2. The molecule has 7 heteroatoms. The quantitative estimate of drug-likeness (QED) is 0.768. The van der Waals surface area contributed by atoms with Crippen LogP contribution in [-0.2, 0) is 9.53 Å². The van der Waals surface area contributed by atoms with Crippen molar-refractivity contribution in [1.82, 2.24) is 10.2 Å². The predicted octanol–water partition coefficient (Wildman–Crippen LogP) is 3.30. The first-order valence-corrected chi connectivity index (χ1v) is 11.5. The summed E-state index contributed by atoms with van der Waals surface area (Å²) >= 11 is 0. The Hall–Kier alpha value is -2.12. The summed E-state index contributed by atoms with van der Waals surface area (Å²) in [5, 5.41) is 6.50. The SMILES string of the molecule is CO[C@H]1CN(C)C(=O)c2cc(NC(=O)C3CCCCC3)ccc2OC[C@@H](C)NC[C@@H]1C. The Balaban J connectivity index is 1.83. The lowest BCUT2D eigenvalue weighted by molar-refractivity contribution is -0.120. The highest BCUT2D eigenvalue weighted by molar-refractivity contribution is 5.99. The van der Waals surface area contributed by atoms with Crippen molar-refractivity contribution in [3.63, 3.8) is 0 Å². The van der Waals surface area contributed by atoms with Gasteiger partial charge in [-0.15, -0.1) is 0 Å². The molecule has 172 valence electrons. The maximum absolute atomic E-state index is 13.3. The van der Waals surface area contributed by atoms with Gasteiger partial charge in [-0.25, -0.2) is 0 Å². The minimum absolute atomic E-state index is 0.0422. The predicted molar refractivity (Wildman–Crippen MR) is 122 cm³/mol. The Morgan fingerprint density at radius 1 is 1.23 bits per heavy atom. The van der Waals surface area contributed by atoms with Gasteiger partial charge in [-0.2, -0.15) is 0 Å². The molecule has 0 radical (unpaired) electrons. The van der Waals surface area contributed by atoms with Crippen LogP contribution < -0.4 is 15.4 Å². The van der Waals surface area contributed by atoms with E-state index in [0.29, 0.717) is 30.2 Å². The molecule has 2 aliphatic rings. The highest BCUT2D eigenvalue weighted by Crippen LogP contribution is 2.28. The smallest absolute Gasteiger partial charge is 0.257 e. The molecular weight excluding hydrogens is 394 g/mol. The Kier molecular flexibility index (Phi) is 8.32. The van der Waals surface area contributed by atoms with Crippen molar-refractivity contribution in [2.45, 2.75) is 58.1 Å². The largest absolute Gasteiger partial charge is 0.491 e. The molecule has 1 aliphatic carbocycles. The summed E-state index contributed by atoms with van der Waals surface area (Å²) in [5.74, 6) is 0.728. The first-order valence-electron chi connectivity index (χ1n) is 11.5. The third kappa shape index (κ3) is 6.20. The van der Waals surface area contributed by atoms with Crippen molar-refractivity contribution in [2.24, 2.45) is 11.8 Å². The van der Waals surface area contributed by atoms with Crippen molar-refractivity contribution in [1.29, 1.82) is 0 Å². The summed E-state index contributed by atoms with van der Waals surface area (Å²) in [7, 11) is 3.46. The number of likely N-dealkylation sites (N-methyl/N-ethyl adjacent to an activating group) is 1. The van der Waals surface area contributed by atoms with E-state index in [4.69, 9.17) is 9.47 Å². The van der Waals surface area contributed by atoms with E-state index >= 15 is 0 Å². The molecular formula is C24H37N3O4. The van der Waals surface area contributed by atoms with Gasteiger partial charge in [0.25, 0.3) is 5.91 Å². The van der Waals surface area contributed by atoms with E-state index in [1.807, 2.05) is 6.07 Å². The molecule has 7 nitrogen and oxygen atoms in total. The first-order chi connectivity index (χ1) is 14.9. The summed E-state index contributed by atoms with van der Waals surface area (Å²) in [6.45, 7) is 5.88. The topological polar surface area (TPSA) is 79.9 Å². The van der Waals surface area contributed by atoms with Crippen molar-refractivity contribution in [2.75, 3.05) is 39.2 Å². The van der Waals surface area contributed by atoms with Crippen LogP contribution >= 0.6 is 0 Å². The zero-order chi connectivity index (χ0) is 22.4. The van der Waals surface area contributed by atoms with Gasteiger partial charge < -0.3 is 25.0 Å². The van der Waals surface area contributed by atoms with Crippen LogP contribution in [0.2, 0.25) is 0 Å². The summed E-state index contributed by atoms with van der Waals surface area (Å²) in [4.78, 5) is 27.7. The number of fused-ring (bicyclic) bond motifs is 1. The number of nitrogens with one attached hydrogen (secondary N) is 2. The number of benzene rings is 1. The molecule has 1 heterocycles. The summed E-state index contributed by atoms with van der Waals surface area (Å²) in [6, 6.07) is 5.47. The Bertz CT molecular complexity index is 763.